The van der Waals surface area contributed by atoms with E-state index in [0.717, 1.165) is 31.0 Å². The number of methoxy groups -OCH3 is 1. The van der Waals surface area contributed by atoms with Gasteiger partial charge >= 0.3 is 12.4 Å². The van der Waals surface area contributed by atoms with Crippen LogP contribution in [0.1, 0.15) is 30.9 Å². The number of ether oxygens (including phenoxy) is 3. The van der Waals surface area contributed by atoms with E-state index in [-0.39, 0.29) is 6.42 Å². The predicted octanol–water partition coefficient (Wildman–Crippen LogP) is 7.41. The van der Waals surface area contributed by atoms with Crippen molar-refractivity contribution in [3.8, 4) is 16.9 Å². The third kappa shape index (κ3) is 6.22. The van der Waals surface area contributed by atoms with Crippen molar-refractivity contribution in [2.75, 3.05) is 25.8 Å². The van der Waals surface area contributed by atoms with Gasteiger partial charge < -0.3 is 14.2 Å². The first kappa shape index (κ1) is 27.5. The van der Waals surface area contributed by atoms with Crippen LogP contribution >= 0.6 is 15.9 Å². The minimum Gasteiger partial charge on any atom is -0.494 e. The maximum Gasteiger partial charge on any atom is 0.430 e. The Bertz CT molecular complexity index is 867. The van der Waals surface area contributed by atoms with E-state index in [1.54, 1.807) is 31.2 Å². The fourth-order valence-corrected chi connectivity index (χ4v) is 3.66. The molecule has 3 nitrogen and oxygen atoms in total. The quantitative estimate of drug-likeness (QED) is 0.128. The van der Waals surface area contributed by atoms with Gasteiger partial charge in [-0.2, -0.15) is 26.3 Å². The number of aryl methyl sites for hydroxylation is 1. The molecule has 0 aliphatic heterocycles. The zero-order valence-electron chi connectivity index (χ0n) is 18.2. The van der Waals surface area contributed by atoms with Crippen molar-refractivity contribution in [2.45, 2.75) is 44.1 Å². The molecule has 33 heavy (non-hydrogen) atoms. The lowest BCUT2D eigenvalue weighted by atomic mass is 9.86. The highest BCUT2D eigenvalue weighted by Gasteiger charge is 2.73. The van der Waals surface area contributed by atoms with Gasteiger partial charge in [-0.05, 0) is 41.7 Å². The molecule has 0 saturated heterocycles. The standard InChI is InChI=1S/C23H25BrF6O3/c1-3-5-17-14-18(21(22(25,26)27,23(28,29)30)33-15-31-2)8-11-20(17)16-6-9-19(10-7-16)32-13-4-12-24/h6-11,14H,3-5,12-13,15H2,1-2H3. The van der Waals surface area contributed by atoms with E-state index in [2.05, 4.69) is 25.4 Å². The van der Waals surface area contributed by atoms with E-state index < -0.39 is 30.3 Å². The molecule has 0 spiro atoms. The maximum atomic E-state index is 13.9. The summed E-state index contributed by atoms with van der Waals surface area (Å²) in [6, 6.07) is 9.87. The fourth-order valence-electron chi connectivity index (χ4n) is 3.43. The molecule has 0 N–H and O–H groups in total. The third-order valence-electron chi connectivity index (χ3n) is 4.93. The second-order valence-electron chi connectivity index (χ2n) is 7.26. The van der Waals surface area contributed by atoms with E-state index >= 15 is 0 Å². The molecule has 2 aromatic rings. The summed E-state index contributed by atoms with van der Waals surface area (Å²) in [5.74, 6) is 0.620. The van der Waals surface area contributed by atoms with Crippen LogP contribution in [0.15, 0.2) is 42.5 Å². The highest BCUT2D eigenvalue weighted by molar-refractivity contribution is 9.09. The SMILES string of the molecule is CCCc1cc(C(OCOC)(C(F)(F)F)C(F)(F)F)ccc1-c1ccc(OCCCBr)cc1. The van der Waals surface area contributed by atoms with Gasteiger partial charge in [0, 0.05) is 18.0 Å². The Morgan fingerprint density at radius 3 is 2.06 bits per heavy atom. The molecule has 2 aromatic carbocycles. The average Bonchev–Trinajstić information content (AvgIpc) is 2.73. The zero-order chi connectivity index (χ0) is 24.7. The second kappa shape index (κ2) is 11.6. The summed E-state index contributed by atoms with van der Waals surface area (Å²) in [6.45, 7) is 1.12. The molecule has 0 heterocycles. The van der Waals surface area contributed by atoms with Crippen LogP contribution in [0, 0.1) is 0 Å². The third-order valence-corrected chi connectivity index (χ3v) is 5.50. The Morgan fingerprint density at radius 2 is 1.55 bits per heavy atom. The van der Waals surface area contributed by atoms with Gasteiger partial charge in [-0.1, -0.05) is 59.6 Å². The van der Waals surface area contributed by atoms with Gasteiger partial charge in [0.1, 0.15) is 12.5 Å². The first-order valence-electron chi connectivity index (χ1n) is 10.2. The van der Waals surface area contributed by atoms with Crippen LogP contribution in [0.4, 0.5) is 26.3 Å². The Hall–Kier alpha value is -1.78. The molecule has 0 unspecified atom stereocenters. The smallest absolute Gasteiger partial charge is 0.430 e. The summed E-state index contributed by atoms with van der Waals surface area (Å²) in [7, 11) is 0.955. The van der Waals surface area contributed by atoms with E-state index in [4.69, 9.17) is 4.74 Å². The van der Waals surface area contributed by atoms with Crippen LogP contribution in [0.25, 0.3) is 11.1 Å². The van der Waals surface area contributed by atoms with Crippen LogP contribution in [-0.4, -0.2) is 38.2 Å². The van der Waals surface area contributed by atoms with Gasteiger partial charge in [-0.25, -0.2) is 0 Å². The van der Waals surface area contributed by atoms with Gasteiger partial charge in [0.2, 0.25) is 0 Å². The summed E-state index contributed by atoms with van der Waals surface area (Å²) in [6.07, 6.45) is -9.90. The second-order valence-corrected chi connectivity index (χ2v) is 8.06. The summed E-state index contributed by atoms with van der Waals surface area (Å²) in [4.78, 5) is 0. The number of alkyl halides is 7. The van der Waals surface area contributed by atoms with E-state index in [9.17, 15) is 26.3 Å². The molecule has 0 aliphatic carbocycles. The normalized spacial score (nSPS) is 12.8. The molecule has 0 fully saturated rings. The molecule has 0 saturated carbocycles. The first-order chi connectivity index (χ1) is 15.5. The van der Waals surface area contributed by atoms with E-state index in [1.807, 2.05) is 0 Å². The van der Waals surface area contributed by atoms with Gasteiger partial charge in [-0.15, -0.1) is 0 Å². The summed E-state index contributed by atoms with van der Waals surface area (Å²) >= 11 is 3.31. The lowest BCUT2D eigenvalue weighted by Crippen LogP contribution is -2.56. The lowest BCUT2D eigenvalue weighted by Gasteiger charge is -2.37. The fraction of sp³-hybridized carbons (Fsp3) is 0.478. The number of benzene rings is 2. The monoisotopic (exact) mass is 542 g/mol. The largest absolute Gasteiger partial charge is 0.494 e. The Morgan fingerprint density at radius 1 is 0.909 bits per heavy atom. The van der Waals surface area contributed by atoms with Crippen molar-refractivity contribution in [2.24, 2.45) is 0 Å². The summed E-state index contributed by atoms with van der Waals surface area (Å²) in [5, 5.41) is 0.795. The van der Waals surface area contributed by atoms with Gasteiger partial charge in [0.05, 0.1) is 6.61 Å². The molecule has 10 heteroatoms. The first-order valence-corrected chi connectivity index (χ1v) is 11.3. The topological polar surface area (TPSA) is 27.7 Å². The number of rotatable bonds is 11. The number of hydrogen-bond acceptors (Lipinski definition) is 3. The van der Waals surface area contributed by atoms with E-state index in [0.29, 0.717) is 35.5 Å². The minimum atomic E-state index is -5.76. The van der Waals surface area contributed by atoms with Gasteiger partial charge in [0.25, 0.3) is 5.60 Å². The summed E-state index contributed by atoms with van der Waals surface area (Å²) in [5.41, 5.74) is -4.01. The zero-order valence-corrected chi connectivity index (χ0v) is 19.7. The van der Waals surface area contributed by atoms with Crippen molar-refractivity contribution in [1.29, 1.82) is 0 Å². The van der Waals surface area contributed by atoms with Gasteiger partial charge in [0.15, 0.2) is 0 Å². The number of hydrogen-bond donors (Lipinski definition) is 0. The molecule has 0 amide bonds. The molecule has 184 valence electrons. The lowest BCUT2D eigenvalue weighted by molar-refractivity contribution is -0.400. The van der Waals surface area contributed by atoms with Crippen LogP contribution < -0.4 is 4.74 Å². The van der Waals surface area contributed by atoms with E-state index in [1.165, 1.54) is 6.07 Å². The van der Waals surface area contributed by atoms with Crippen LogP contribution in [-0.2, 0) is 21.5 Å². The van der Waals surface area contributed by atoms with Crippen molar-refractivity contribution in [3.63, 3.8) is 0 Å². The highest BCUT2D eigenvalue weighted by Crippen LogP contribution is 2.53. The van der Waals surface area contributed by atoms with Crippen molar-refractivity contribution in [1.82, 2.24) is 0 Å². The number of halogens is 7. The van der Waals surface area contributed by atoms with Crippen LogP contribution in [0.5, 0.6) is 5.75 Å². The van der Waals surface area contributed by atoms with Crippen molar-refractivity contribution >= 4 is 15.9 Å². The molecule has 0 atom stereocenters. The molecular weight excluding hydrogens is 518 g/mol. The summed E-state index contributed by atoms with van der Waals surface area (Å²) < 4.78 is 97.6. The molecule has 0 aliphatic rings. The Balaban J connectivity index is 2.55. The average molecular weight is 543 g/mol. The minimum absolute atomic E-state index is 0.281. The van der Waals surface area contributed by atoms with Crippen molar-refractivity contribution < 1.29 is 40.6 Å². The van der Waals surface area contributed by atoms with Crippen molar-refractivity contribution in [3.05, 3.63) is 53.6 Å². The molecule has 2 rings (SSSR count). The predicted molar refractivity (Wildman–Crippen MR) is 117 cm³/mol. The molecule has 0 radical (unpaired) electrons. The Labute approximate surface area is 197 Å². The highest BCUT2D eigenvalue weighted by atomic mass is 79.9. The maximum absolute atomic E-state index is 13.9. The van der Waals surface area contributed by atoms with Gasteiger partial charge in [-0.3, -0.25) is 0 Å². The van der Waals surface area contributed by atoms with Crippen LogP contribution in [0.2, 0.25) is 0 Å². The molecule has 0 bridgehead atoms. The Kier molecular flexibility index (Phi) is 9.63. The molecular formula is C23H25BrF6O3. The molecule has 0 aromatic heterocycles. The van der Waals surface area contributed by atoms with Crippen LogP contribution in [0.3, 0.4) is 0 Å².